The summed E-state index contributed by atoms with van der Waals surface area (Å²) in [7, 11) is 0. The number of hydrogen-bond acceptors (Lipinski definition) is 3. The van der Waals surface area contributed by atoms with Crippen LogP contribution in [0.4, 0.5) is 23.4 Å². The summed E-state index contributed by atoms with van der Waals surface area (Å²) in [6.45, 7) is 2.81. The number of carbonyl (C=O) groups is 1. The fourth-order valence-corrected chi connectivity index (χ4v) is 2.33. The minimum absolute atomic E-state index is 0.0565. The third-order valence-electron chi connectivity index (χ3n) is 3.71. The van der Waals surface area contributed by atoms with Crippen LogP contribution in [0.1, 0.15) is 25.0 Å². The van der Waals surface area contributed by atoms with E-state index in [4.69, 9.17) is 16.9 Å². The molecule has 1 N–H and O–H groups in total. The van der Waals surface area contributed by atoms with E-state index in [1.165, 1.54) is 13.8 Å². The zero-order valence-corrected chi connectivity index (χ0v) is 14.5. The highest BCUT2D eigenvalue weighted by atomic mass is 35.5. The molecule has 1 aromatic carbocycles. The molecule has 0 saturated heterocycles. The quantitative estimate of drug-likeness (QED) is 0.482. The second-order valence-electron chi connectivity index (χ2n) is 5.41. The Morgan fingerprint density at radius 3 is 2.35 bits per heavy atom. The van der Waals surface area contributed by atoms with Gasteiger partial charge in [0.2, 0.25) is 5.91 Å². The van der Waals surface area contributed by atoms with Crippen molar-refractivity contribution >= 4 is 23.3 Å². The molecule has 0 aliphatic rings. The first-order chi connectivity index (χ1) is 12.3. The maximum Gasteiger partial charge on any atom is 0.229 e. The summed E-state index contributed by atoms with van der Waals surface area (Å²) in [5.41, 5.74) is -2.18. The summed E-state index contributed by atoms with van der Waals surface area (Å²) < 4.78 is 57.3. The fraction of sp³-hybridized carbons (Fsp3) is 0.312. The van der Waals surface area contributed by atoms with Gasteiger partial charge in [0.1, 0.15) is 17.3 Å². The van der Waals surface area contributed by atoms with Gasteiger partial charge >= 0.3 is 0 Å². The molecule has 1 aromatic heterocycles. The van der Waals surface area contributed by atoms with Gasteiger partial charge in [0, 0.05) is 17.4 Å². The zero-order valence-electron chi connectivity index (χ0n) is 13.7. The largest absolute Gasteiger partial charge is 0.309 e. The van der Waals surface area contributed by atoms with Crippen LogP contribution in [0.15, 0.2) is 6.20 Å². The second kappa shape index (κ2) is 7.74. The Morgan fingerprint density at radius 1 is 1.31 bits per heavy atom. The number of benzene rings is 1. The van der Waals surface area contributed by atoms with Gasteiger partial charge in [0.15, 0.2) is 29.1 Å². The van der Waals surface area contributed by atoms with E-state index in [1.54, 1.807) is 6.07 Å². The molecule has 5 nitrogen and oxygen atoms in total. The van der Waals surface area contributed by atoms with Gasteiger partial charge in [-0.3, -0.25) is 4.79 Å². The number of amides is 1. The van der Waals surface area contributed by atoms with Crippen LogP contribution >= 0.6 is 11.6 Å². The van der Waals surface area contributed by atoms with Crippen LogP contribution in [0, 0.1) is 40.5 Å². The standard InChI is InChI=1S/C16H13ClF4N4O/c1-3-9-10(18)12(20)14(13(21)11(9)19)25-15(8(5-22)6-23-25)24-16(26)7(2)4-17/h6-7H,3-4H2,1-2H3,(H,24,26). The number of halogens is 5. The van der Waals surface area contributed by atoms with E-state index in [1.807, 2.05) is 0 Å². The van der Waals surface area contributed by atoms with E-state index in [0.29, 0.717) is 4.68 Å². The molecule has 26 heavy (non-hydrogen) atoms. The summed E-state index contributed by atoms with van der Waals surface area (Å²) in [6, 6.07) is 1.68. The van der Waals surface area contributed by atoms with E-state index >= 15 is 0 Å². The molecular weight excluding hydrogens is 376 g/mol. The van der Waals surface area contributed by atoms with Crippen LogP contribution in [0.3, 0.4) is 0 Å². The van der Waals surface area contributed by atoms with Crippen molar-refractivity contribution in [3.05, 3.63) is 40.6 Å². The van der Waals surface area contributed by atoms with Crippen molar-refractivity contribution in [1.29, 1.82) is 5.26 Å². The molecule has 2 rings (SSSR count). The van der Waals surface area contributed by atoms with E-state index in [-0.39, 0.29) is 17.9 Å². The maximum absolute atomic E-state index is 14.4. The number of nitrogens with zero attached hydrogens (tertiary/aromatic N) is 3. The molecule has 0 radical (unpaired) electrons. The molecule has 0 saturated carbocycles. The summed E-state index contributed by atoms with van der Waals surface area (Å²) >= 11 is 5.58. The topological polar surface area (TPSA) is 70.7 Å². The van der Waals surface area contributed by atoms with E-state index in [9.17, 15) is 22.4 Å². The van der Waals surface area contributed by atoms with Gasteiger partial charge < -0.3 is 5.32 Å². The van der Waals surface area contributed by atoms with Crippen molar-refractivity contribution in [3.63, 3.8) is 0 Å². The van der Waals surface area contributed by atoms with Crippen molar-refractivity contribution in [2.75, 3.05) is 11.2 Å². The fourth-order valence-electron chi connectivity index (χ4n) is 2.19. The molecule has 0 aliphatic heterocycles. The Hall–Kier alpha value is -2.60. The molecule has 1 unspecified atom stereocenters. The van der Waals surface area contributed by atoms with Gasteiger partial charge in [0.25, 0.3) is 0 Å². The van der Waals surface area contributed by atoms with Gasteiger partial charge in [-0.25, -0.2) is 22.2 Å². The van der Waals surface area contributed by atoms with E-state index in [2.05, 4.69) is 10.4 Å². The smallest absolute Gasteiger partial charge is 0.229 e. The predicted octanol–water partition coefficient (Wildman–Crippen LogP) is 3.68. The Kier molecular flexibility index (Phi) is 5.87. The number of alkyl halides is 1. The first-order valence-corrected chi connectivity index (χ1v) is 8.01. The molecule has 10 heteroatoms. The molecular formula is C16H13ClF4N4O. The van der Waals surface area contributed by atoms with Crippen molar-refractivity contribution < 1.29 is 22.4 Å². The third-order valence-corrected chi connectivity index (χ3v) is 4.17. The van der Waals surface area contributed by atoms with Gasteiger partial charge in [0.05, 0.1) is 6.20 Å². The maximum atomic E-state index is 14.4. The first kappa shape index (κ1) is 19.7. The first-order valence-electron chi connectivity index (χ1n) is 7.48. The number of carbonyl (C=O) groups excluding carboxylic acids is 1. The molecule has 0 spiro atoms. The molecule has 1 atom stereocenters. The third kappa shape index (κ3) is 3.24. The lowest BCUT2D eigenvalue weighted by atomic mass is 10.1. The Morgan fingerprint density at radius 2 is 1.88 bits per heavy atom. The molecule has 0 fully saturated rings. The molecule has 0 bridgehead atoms. The van der Waals surface area contributed by atoms with Crippen LogP contribution in [0.25, 0.3) is 5.69 Å². The van der Waals surface area contributed by atoms with Crippen LogP contribution < -0.4 is 5.32 Å². The lowest BCUT2D eigenvalue weighted by Crippen LogP contribution is -2.24. The highest BCUT2D eigenvalue weighted by Crippen LogP contribution is 2.30. The predicted molar refractivity (Wildman–Crippen MR) is 86.0 cm³/mol. The summed E-state index contributed by atoms with van der Waals surface area (Å²) in [6.07, 6.45) is 0.633. The lowest BCUT2D eigenvalue weighted by molar-refractivity contribution is -0.118. The Labute approximate surface area is 151 Å². The molecule has 1 heterocycles. The monoisotopic (exact) mass is 388 g/mol. The lowest BCUT2D eigenvalue weighted by Gasteiger charge is -2.15. The minimum Gasteiger partial charge on any atom is -0.309 e. The molecule has 0 aliphatic carbocycles. The molecule has 2 aromatic rings. The normalized spacial score (nSPS) is 11.9. The van der Waals surface area contributed by atoms with Crippen molar-refractivity contribution in [3.8, 4) is 11.8 Å². The number of nitrogens with one attached hydrogen (secondary N) is 1. The van der Waals surface area contributed by atoms with Crippen LogP contribution in [0.2, 0.25) is 0 Å². The van der Waals surface area contributed by atoms with E-state index < -0.39 is 52.2 Å². The number of nitriles is 1. The van der Waals surface area contributed by atoms with Crippen molar-refractivity contribution in [1.82, 2.24) is 9.78 Å². The van der Waals surface area contributed by atoms with Crippen molar-refractivity contribution in [2.24, 2.45) is 5.92 Å². The van der Waals surface area contributed by atoms with Gasteiger partial charge in [-0.05, 0) is 6.42 Å². The summed E-state index contributed by atoms with van der Waals surface area (Å²) in [5.74, 6) is -8.34. The highest BCUT2D eigenvalue weighted by molar-refractivity contribution is 6.19. The van der Waals surface area contributed by atoms with Gasteiger partial charge in [-0.1, -0.05) is 13.8 Å². The number of anilines is 1. The zero-order chi connectivity index (χ0) is 19.6. The molecule has 1 amide bonds. The highest BCUT2D eigenvalue weighted by Gasteiger charge is 2.29. The minimum atomic E-state index is -1.69. The number of hydrogen-bond donors (Lipinski definition) is 1. The Balaban J connectivity index is 2.70. The summed E-state index contributed by atoms with van der Waals surface area (Å²) in [4.78, 5) is 12.0. The average Bonchev–Trinajstić information content (AvgIpc) is 3.02. The van der Waals surface area contributed by atoms with Gasteiger partial charge in [-0.15, -0.1) is 11.6 Å². The number of aromatic nitrogens is 2. The number of rotatable bonds is 5. The Bertz CT molecular complexity index is 878. The van der Waals surface area contributed by atoms with Crippen molar-refractivity contribution in [2.45, 2.75) is 20.3 Å². The average molecular weight is 389 g/mol. The second-order valence-corrected chi connectivity index (χ2v) is 5.72. The van der Waals surface area contributed by atoms with Crippen LogP contribution in [0.5, 0.6) is 0 Å². The SMILES string of the molecule is CCc1c(F)c(F)c(-n2ncc(C#N)c2NC(=O)C(C)CCl)c(F)c1F. The summed E-state index contributed by atoms with van der Waals surface area (Å²) in [5, 5.41) is 14.9. The van der Waals surface area contributed by atoms with Crippen LogP contribution in [-0.2, 0) is 11.2 Å². The van der Waals surface area contributed by atoms with Crippen LogP contribution in [-0.4, -0.2) is 21.6 Å². The molecule has 138 valence electrons. The van der Waals surface area contributed by atoms with Gasteiger partial charge in [-0.2, -0.15) is 10.4 Å². The van der Waals surface area contributed by atoms with E-state index in [0.717, 1.165) is 6.20 Å².